The van der Waals surface area contributed by atoms with Gasteiger partial charge in [0.05, 0.1) is 0 Å². The minimum atomic E-state index is -2.45. The van der Waals surface area contributed by atoms with Gasteiger partial charge in [-0.2, -0.15) is 0 Å². The summed E-state index contributed by atoms with van der Waals surface area (Å²) in [7, 11) is 1.31. The lowest BCUT2D eigenvalue weighted by Crippen LogP contribution is -2.55. The zero-order valence-electron chi connectivity index (χ0n) is 18.2. The van der Waals surface area contributed by atoms with Crippen molar-refractivity contribution in [2.24, 2.45) is 0 Å². The van der Waals surface area contributed by atoms with Gasteiger partial charge in [-0.25, -0.2) is 0 Å². The lowest BCUT2D eigenvalue weighted by molar-refractivity contribution is 0.122. The van der Waals surface area contributed by atoms with Crippen LogP contribution >= 0.6 is 0 Å². The Morgan fingerprint density at radius 2 is 1.16 bits per heavy atom. The fourth-order valence-electron chi connectivity index (χ4n) is 3.85. The molecule has 0 saturated heterocycles. The largest absolute Gasteiger partial charge is 0.500 e. The number of nitrogens with zero attached hydrogens (tertiary/aromatic N) is 2. The van der Waals surface area contributed by atoms with Crippen LogP contribution in [-0.4, -0.2) is 80.6 Å². The standard InChI is InChI=1S/C18H44N2O3Si2/c1-9-19(10-2)16-17-20(24(11-3,12-4)13-5)15-14-18-25(21-6,22-7)23-8/h9-18H2,1-8H3. The third kappa shape index (κ3) is 7.40. The number of likely N-dealkylation sites (N-methyl/N-ethyl adjacent to an activating group) is 1. The van der Waals surface area contributed by atoms with Crippen molar-refractivity contribution in [1.29, 1.82) is 0 Å². The van der Waals surface area contributed by atoms with Gasteiger partial charge in [-0.1, -0.05) is 34.6 Å². The first-order chi connectivity index (χ1) is 12.0. The maximum atomic E-state index is 5.59. The van der Waals surface area contributed by atoms with E-state index in [0.717, 1.165) is 32.1 Å². The molecule has 0 aliphatic rings. The van der Waals surface area contributed by atoms with Gasteiger partial charge in [0.25, 0.3) is 0 Å². The molecule has 25 heavy (non-hydrogen) atoms. The molecule has 0 fully saturated rings. The topological polar surface area (TPSA) is 34.2 Å². The van der Waals surface area contributed by atoms with Gasteiger partial charge in [0.1, 0.15) is 8.24 Å². The van der Waals surface area contributed by atoms with E-state index >= 15 is 0 Å². The highest BCUT2D eigenvalue weighted by Crippen LogP contribution is 2.26. The molecule has 0 saturated carbocycles. The minimum Gasteiger partial charge on any atom is -0.377 e. The summed E-state index contributed by atoms with van der Waals surface area (Å²) in [5.41, 5.74) is 0. The third-order valence-corrected chi connectivity index (χ3v) is 14.6. The van der Waals surface area contributed by atoms with Crippen molar-refractivity contribution < 1.29 is 13.3 Å². The fraction of sp³-hybridized carbons (Fsp3) is 1.00. The SMILES string of the molecule is CCN(CC)CCN(CCC[Si](OC)(OC)OC)[Si](CC)(CC)CC. The molecule has 0 amide bonds. The van der Waals surface area contributed by atoms with E-state index in [9.17, 15) is 0 Å². The van der Waals surface area contributed by atoms with E-state index in [0.29, 0.717) is 0 Å². The molecular weight excluding hydrogens is 348 g/mol. The van der Waals surface area contributed by atoms with Crippen LogP contribution in [-0.2, 0) is 13.3 Å². The number of hydrogen-bond acceptors (Lipinski definition) is 5. The Morgan fingerprint density at radius 1 is 0.680 bits per heavy atom. The Kier molecular flexibility index (Phi) is 13.5. The van der Waals surface area contributed by atoms with Crippen molar-refractivity contribution >= 4 is 17.0 Å². The first-order valence-corrected chi connectivity index (χ1v) is 14.6. The summed E-state index contributed by atoms with van der Waals surface area (Å²) in [6.45, 7) is 17.4. The summed E-state index contributed by atoms with van der Waals surface area (Å²) in [6, 6.07) is 4.89. The quantitative estimate of drug-likeness (QED) is 0.372. The summed E-state index contributed by atoms with van der Waals surface area (Å²) in [5.74, 6) is 0. The monoisotopic (exact) mass is 392 g/mol. The Morgan fingerprint density at radius 3 is 1.52 bits per heavy atom. The van der Waals surface area contributed by atoms with Gasteiger partial charge in [0.15, 0.2) is 0 Å². The summed E-state index contributed by atoms with van der Waals surface area (Å²) in [5, 5.41) is 0. The van der Waals surface area contributed by atoms with Crippen LogP contribution in [0.15, 0.2) is 0 Å². The van der Waals surface area contributed by atoms with Gasteiger partial charge in [-0.15, -0.1) is 0 Å². The summed E-state index contributed by atoms with van der Waals surface area (Å²) >= 11 is 0. The van der Waals surface area contributed by atoms with Crippen LogP contribution in [0.1, 0.15) is 41.0 Å². The maximum absolute atomic E-state index is 5.59. The molecule has 0 heterocycles. The average molecular weight is 393 g/mol. The molecule has 0 aromatic heterocycles. The highest BCUT2D eigenvalue weighted by atomic mass is 28.4. The van der Waals surface area contributed by atoms with Crippen molar-refractivity contribution in [3.63, 3.8) is 0 Å². The zero-order chi connectivity index (χ0) is 19.3. The second kappa shape index (κ2) is 13.4. The maximum Gasteiger partial charge on any atom is 0.500 e. The van der Waals surface area contributed by atoms with Gasteiger partial charge in [0, 0.05) is 40.5 Å². The summed E-state index contributed by atoms with van der Waals surface area (Å²) in [4.78, 5) is 2.53. The second-order valence-electron chi connectivity index (χ2n) is 6.70. The molecule has 0 aliphatic carbocycles. The molecule has 0 aliphatic heterocycles. The van der Waals surface area contributed by atoms with Crippen LogP contribution in [0.25, 0.3) is 0 Å². The van der Waals surface area contributed by atoms with Gasteiger partial charge < -0.3 is 22.7 Å². The lowest BCUT2D eigenvalue weighted by atomic mass is 10.4. The number of rotatable bonds is 16. The Labute approximate surface area is 159 Å². The van der Waals surface area contributed by atoms with E-state index in [1.807, 2.05) is 0 Å². The van der Waals surface area contributed by atoms with Gasteiger partial charge in [-0.3, -0.25) is 0 Å². The molecule has 5 nitrogen and oxygen atoms in total. The van der Waals surface area contributed by atoms with Crippen LogP contribution in [0.5, 0.6) is 0 Å². The second-order valence-corrected chi connectivity index (χ2v) is 15.0. The van der Waals surface area contributed by atoms with E-state index < -0.39 is 17.0 Å². The summed E-state index contributed by atoms with van der Waals surface area (Å²) in [6.07, 6.45) is 1.08. The number of hydrogen-bond donors (Lipinski definition) is 0. The molecule has 0 unspecified atom stereocenters. The zero-order valence-corrected chi connectivity index (χ0v) is 20.2. The van der Waals surface area contributed by atoms with E-state index in [-0.39, 0.29) is 0 Å². The smallest absolute Gasteiger partial charge is 0.377 e. The predicted octanol–water partition coefficient (Wildman–Crippen LogP) is 3.90. The Balaban J connectivity index is 5.00. The van der Waals surface area contributed by atoms with Gasteiger partial charge >= 0.3 is 8.80 Å². The molecule has 152 valence electrons. The van der Waals surface area contributed by atoms with Gasteiger partial charge in [-0.05, 0) is 44.2 Å². The predicted molar refractivity (Wildman–Crippen MR) is 113 cm³/mol. The van der Waals surface area contributed by atoms with Gasteiger partial charge in [0.2, 0.25) is 0 Å². The molecule has 0 bridgehead atoms. The van der Waals surface area contributed by atoms with Crippen molar-refractivity contribution in [3.8, 4) is 0 Å². The summed E-state index contributed by atoms with van der Waals surface area (Å²) < 4.78 is 19.6. The van der Waals surface area contributed by atoms with Crippen molar-refractivity contribution in [3.05, 3.63) is 0 Å². The molecule has 0 radical (unpaired) electrons. The Hall–Kier alpha value is 0.234. The van der Waals surface area contributed by atoms with Crippen LogP contribution in [0.4, 0.5) is 0 Å². The molecule has 0 spiro atoms. The van der Waals surface area contributed by atoms with E-state index in [1.165, 1.54) is 31.2 Å². The van der Waals surface area contributed by atoms with Crippen LogP contribution in [0.3, 0.4) is 0 Å². The molecular formula is C18H44N2O3Si2. The normalized spacial score (nSPS) is 13.2. The first-order valence-electron chi connectivity index (χ1n) is 10.1. The highest BCUT2D eigenvalue weighted by molar-refractivity contribution is 6.77. The van der Waals surface area contributed by atoms with Crippen molar-refractivity contribution in [2.45, 2.75) is 65.2 Å². The molecule has 0 aromatic carbocycles. The van der Waals surface area contributed by atoms with Crippen molar-refractivity contribution in [2.75, 3.05) is 54.1 Å². The third-order valence-electron chi connectivity index (χ3n) is 6.07. The van der Waals surface area contributed by atoms with Crippen molar-refractivity contribution in [1.82, 2.24) is 9.47 Å². The molecule has 0 rings (SSSR count). The van der Waals surface area contributed by atoms with E-state index in [1.54, 1.807) is 21.3 Å². The molecule has 0 atom stereocenters. The molecule has 0 aromatic rings. The van der Waals surface area contributed by atoms with Crippen LogP contribution in [0, 0.1) is 0 Å². The lowest BCUT2D eigenvalue weighted by Gasteiger charge is -2.42. The van der Waals surface area contributed by atoms with Crippen LogP contribution in [0.2, 0.25) is 24.2 Å². The Bertz CT molecular complexity index is 307. The van der Waals surface area contributed by atoms with E-state index in [2.05, 4.69) is 44.1 Å². The minimum absolute atomic E-state index is 0.889. The van der Waals surface area contributed by atoms with E-state index in [4.69, 9.17) is 13.3 Å². The molecule has 7 heteroatoms. The highest BCUT2D eigenvalue weighted by Gasteiger charge is 2.39. The first kappa shape index (κ1) is 25.2. The van der Waals surface area contributed by atoms with Crippen LogP contribution < -0.4 is 0 Å². The average Bonchev–Trinajstić information content (AvgIpc) is 2.67. The molecule has 0 N–H and O–H groups in total. The fourth-order valence-corrected chi connectivity index (χ4v) is 9.60.